The second-order valence-corrected chi connectivity index (χ2v) is 13.5. The molecule has 0 bridgehead atoms. The smallest absolute Gasteiger partial charge is 0.142 e. The van der Waals surface area contributed by atoms with Crippen molar-refractivity contribution >= 4 is 33.4 Å². The Labute approximate surface area is 258 Å². The van der Waals surface area contributed by atoms with Crippen LogP contribution in [0.4, 0.5) is 11.4 Å². The minimum Gasteiger partial charge on any atom is -0.496 e. The largest absolute Gasteiger partial charge is 0.496 e. The number of anilines is 2. The van der Waals surface area contributed by atoms with Crippen LogP contribution in [0, 0.1) is 13.8 Å². The van der Waals surface area contributed by atoms with Crippen molar-refractivity contribution in [1.29, 1.82) is 0 Å². The Balaban J connectivity index is 0.000000143. The molecule has 7 heteroatoms. The highest BCUT2D eigenvalue weighted by Gasteiger charge is 2.31. The van der Waals surface area contributed by atoms with Crippen LogP contribution in [0.5, 0.6) is 5.75 Å². The van der Waals surface area contributed by atoms with Crippen molar-refractivity contribution in [3.05, 3.63) is 89.0 Å². The topological polar surface area (TPSA) is 90.7 Å². The Kier molecular flexibility index (Phi) is 6.46. The summed E-state index contributed by atoms with van der Waals surface area (Å²) in [6.07, 6.45) is 0. The summed E-state index contributed by atoms with van der Waals surface area (Å²) in [4.78, 5) is 16.4. The van der Waals surface area contributed by atoms with Gasteiger partial charge in [0.25, 0.3) is 0 Å². The van der Waals surface area contributed by atoms with E-state index < -0.39 is 0 Å². The van der Waals surface area contributed by atoms with Gasteiger partial charge in [0.15, 0.2) is 0 Å². The van der Waals surface area contributed by atoms with E-state index in [9.17, 15) is 0 Å². The van der Waals surface area contributed by atoms with Crippen molar-refractivity contribution in [1.82, 2.24) is 19.9 Å². The zero-order chi connectivity index (χ0) is 30.8. The number of methoxy groups -OCH3 is 1. The summed E-state index contributed by atoms with van der Waals surface area (Å²) in [6, 6.07) is 23.4. The second-order valence-electron chi connectivity index (χ2n) is 13.5. The van der Waals surface area contributed by atoms with Gasteiger partial charge in [-0.3, -0.25) is 0 Å². The fraction of sp³-hybridized carbons (Fsp3) is 0.297. The van der Waals surface area contributed by atoms with Crippen molar-refractivity contribution in [2.24, 2.45) is 0 Å². The predicted octanol–water partition coefficient (Wildman–Crippen LogP) is 8.49. The highest BCUT2D eigenvalue weighted by atomic mass is 16.5. The maximum atomic E-state index is 5.52. The van der Waals surface area contributed by atoms with Crippen LogP contribution in [-0.2, 0) is 10.8 Å². The van der Waals surface area contributed by atoms with E-state index >= 15 is 0 Å². The van der Waals surface area contributed by atoms with Crippen LogP contribution in [-0.4, -0.2) is 40.1 Å². The number of hydrogen-bond acceptors (Lipinski definition) is 5. The van der Waals surface area contributed by atoms with Gasteiger partial charge in [-0.05, 0) is 66.9 Å². The lowest BCUT2D eigenvalue weighted by Crippen LogP contribution is -2.18. The van der Waals surface area contributed by atoms with Gasteiger partial charge in [0.2, 0.25) is 0 Å². The van der Waals surface area contributed by atoms with Crippen molar-refractivity contribution in [3.8, 4) is 28.5 Å². The number of benzene rings is 4. The van der Waals surface area contributed by atoms with E-state index in [1.54, 1.807) is 7.11 Å². The lowest BCUT2D eigenvalue weighted by molar-refractivity contribution is 0.416. The number of fused-ring (bicyclic) bond motifs is 4. The molecule has 4 N–H and O–H groups in total. The summed E-state index contributed by atoms with van der Waals surface area (Å²) in [5.41, 5.74) is 14.2. The standard InChI is InChI=1S/C19H21N3O.C18H19N3/c1-11-5-6-12(17(7-11)23-4)18-21-15-8-13-14(9-16(15)22-18)20-10-19(13,2)3;1-11-4-6-12(7-5-11)17-20-15-8-13-14(9-16(15)21-17)19-10-18(13,2)3/h5-9,20H,10H2,1-4H3,(H,21,22);4-9,19H,10H2,1-3H3,(H,20,21). The summed E-state index contributed by atoms with van der Waals surface area (Å²) >= 11 is 0. The summed E-state index contributed by atoms with van der Waals surface area (Å²) in [5, 5.41) is 6.97. The Morgan fingerprint density at radius 1 is 0.636 bits per heavy atom. The molecule has 0 radical (unpaired) electrons. The van der Waals surface area contributed by atoms with Gasteiger partial charge in [-0.25, -0.2) is 9.97 Å². The molecule has 224 valence electrons. The molecule has 0 aliphatic carbocycles. The lowest BCUT2D eigenvalue weighted by atomic mass is 9.87. The highest BCUT2D eigenvalue weighted by molar-refractivity contribution is 5.87. The molecule has 2 aliphatic rings. The molecule has 2 aliphatic heterocycles. The molecular weight excluding hydrogens is 544 g/mol. The molecule has 6 aromatic rings. The zero-order valence-corrected chi connectivity index (χ0v) is 26.6. The van der Waals surface area contributed by atoms with Crippen LogP contribution < -0.4 is 15.4 Å². The van der Waals surface area contributed by atoms with E-state index in [2.05, 4.69) is 123 Å². The summed E-state index contributed by atoms with van der Waals surface area (Å²) in [5.74, 6) is 2.62. The summed E-state index contributed by atoms with van der Waals surface area (Å²) in [6.45, 7) is 15.2. The first-order valence-electron chi connectivity index (χ1n) is 15.3. The number of nitrogens with one attached hydrogen (secondary N) is 4. The lowest BCUT2D eigenvalue weighted by Gasteiger charge is -2.16. The number of nitrogens with zero attached hydrogens (tertiary/aromatic N) is 2. The first kappa shape index (κ1) is 28.0. The van der Waals surface area contributed by atoms with Crippen LogP contribution >= 0.6 is 0 Å². The number of ether oxygens (including phenoxy) is 1. The van der Waals surface area contributed by atoms with E-state index in [1.165, 1.54) is 33.6 Å². The van der Waals surface area contributed by atoms with Gasteiger partial charge >= 0.3 is 0 Å². The number of H-pyrrole nitrogens is 2. The number of hydrogen-bond donors (Lipinski definition) is 4. The van der Waals surface area contributed by atoms with Gasteiger partial charge in [0.05, 0.1) is 34.7 Å². The number of aromatic amines is 2. The quantitative estimate of drug-likeness (QED) is 0.167. The second kappa shape index (κ2) is 10.2. The summed E-state index contributed by atoms with van der Waals surface area (Å²) in [7, 11) is 1.70. The molecule has 8 rings (SSSR count). The third kappa shape index (κ3) is 4.86. The van der Waals surface area contributed by atoms with Crippen molar-refractivity contribution in [2.75, 3.05) is 30.8 Å². The van der Waals surface area contributed by atoms with E-state index in [1.807, 2.05) is 6.07 Å². The third-order valence-electron chi connectivity index (χ3n) is 9.08. The molecule has 0 atom stereocenters. The van der Waals surface area contributed by atoms with Gasteiger partial charge in [0, 0.05) is 40.9 Å². The van der Waals surface area contributed by atoms with Gasteiger partial charge in [-0.15, -0.1) is 0 Å². The number of aromatic nitrogens is 4. The van der Waals surface area contributed by atoms with Crippen LogP contribution in [0.1, 0.15) is 49.9 Å². The van der Waals surface area contributed by atoms with E-state index in [0.29, 0.717) is 0 Å². The van der Waals surface area contributed by atoms with E-state index in [0.717, 1.165) is 63.7 Å². The Bertz CT molecular complexity index is 2030. The predicted molar refractivity (Wildman–Crippen MR) is 182 cm³/mol. The Hall–Kier alpha value is -4.78. The van der Waals surface area contributed by atoms with Crippen LogP contribution in [0.15, 0.2) is 66.7 Å². The molecule has 44 heavy (non-hydrogen) atoms. The number of rotatable bonds is 3. The highest BCUT2D eigenvalue weighted by Crippen LogP contribution is 2.40. The molecule has 4 aromatic carbocycles. The molecule has 0 spiro atoms. The Morgan fingerprint density at radius 3 is 1.73 bits per heavy atom. The number of aryl methyl sites for hydroxylation is 2. The van der Waals surface area contributed by atoms with E-state index in [4.69, 9.17) is 14.7 Å². The van der Waals surface area contributed by atoms with E-state index in [-0.39, 0.29) is 10.8 Å². The minimum absolute atomic E-state index is 0.149. The molecule has 0 saturated carbocycles. The molecule has 7 nitrogen and oxygen atoms in total. The first-order chi connectivity index (χ1) is 21.0. The fourth-order valence-corrected chi connectivity index (χ4v) is 6.32. The summed E-state index contributed by atoms with van der Waals surface area (Å²) < 4.78 is 5.52. The molecule has 2 aromatic heterocycles. The van der Waals surface area contributed by atoms with Crippen molar-refractivity contribution < 1.29 is 4.74 Å². The SMILES string of the molecule is COc1cc(C)ccc1-c1nc2cc3c(cc2[nH]1)C(C)(C)CN3.Cc1ccc(-c2nc3cc4c(cc3[nH]2)C(C)(C)CN4)cc1. The molecular formula is C37H40N6O. The van der Waals surface area contributed by atoms with Crippen LogP contribution in [0.3, 0.4) is 0 Å². The van der Waals surface area contributed by atoms with Gasteiger partial charge in [-0.1, -0.05) is 63.6 Å². The fourth-order valence-electron chi connectivity index (χ4n) is 6.32. The maximum absolute atomic E-state index is 5.52. The zero-order valence-electron chi connectivity index (χ0n) is 26.6. The maximum Gasteiger partial charge on any atom is 0.142 e. The van der Waals surface area contributed by atoms with Crippen LogP contribution in [0.2, 0.25) is 0 Å². The third-order valence-corrected chi connectivity index (χ3v) is 9.08. The van der Waals surface area contributed by atoms with Crippen molar-refractivity contribution in [2.45, 2.75) is 52.4 Å². The monoisotopic (exact) mass is 584 g/mol. The van der Waals surface area contributed by atoms with Gasteiger partial charge < -0.3 is 25.3 Å². The molecule has 0 fully saturated rings. The normalized spacial score (nSPS) is 15.7. The minimum atomic E-state index is 0.149. The Morgan fingerprint density at radius 2 is 1.16 bits per heavy atom. The van der Waals surface area contributed by atoms with Gasteiger partial charge in [-0.2, -0.15) is 0 Å². The van der Waals surface area contributed by atoms with Crippen LogP contribution in [0.25, 0.3) is 44.8 Å². The average Bonchev–Trinajstić information content (AvgIpc) is 3.75. The van der Waals surface area contributed by atoms with Gasteiger partial charge in [0.1, 0.15) is 17.4 Å². The number of imidazole rings is 2. The molecule has 0 amide bonds. The molecule has 0 unspecified atom stereocenters. The first-order valence-corrected chi connectivity index (χ1v) is 15.3. The molecule has 0 saturated heterocycles. The molecule has 4 heterocycles. The van der Waals surface area contributed by atoms with Crippen molar-refractivity contribution in [3.63, 3.8) is 0 Å². The average molecular weight is 585 g/mol.